The summed E-state index contributed by atoms with van der Waals surface area (Å²) in [6, 6.07) is 13.7. The van der Waals surface area contributed by atoms with Crippen LogP contribution in [0.15, 0.2) is 46.9 Å². The average Bonchev–Trinajstić information content (AvgIpc) is 2.63. The Hall–Kier alpha value is -1.36. The van der Waals surface area contributed by atoms with Gasteiger partial charge in [0.1, 0.15) is 0 Å². The molecular formula is C20H21BrClNO2. The zero-order valence-corrected chi connectivity index (χ0v) is 16.5. The van der Waals surface area contributed by atoms with Crippen molar-refractivity contribution in [1.29, 1.82) is 0 Å². The Morgan fingerprint density at radius 1 is 1.24 bits per heavy atom. The molecule has 0 saturated carbocycles. The molecule has 0 bridgehead atoms. The fraction of sp³-hybridized carbons (Fsp3) is 0.350. The van der Waals surface area contributed by atoms with Gasteiger partial charge in [-0.2, -0.15) is 0 Å². The summed E-state index contributed by atoms with van der Waals surface area (Å²) in [5, 5.41) is 3.56. The van der Waals surface area contributed by atoms with Crippen molar-refractivity contribution in [2.45, 2.75) is 25.2 Å². The number of nitrogens with one attached hydrogen (secondary N) is 1. The van der Waals surface area contributed by atoms with Gasteiger partial charge in [0.2, 0.25) is 0 Å². The van der Waals surface area contributed by atoms with Gasteiger partial charge in [0.15, 0.2) is 0 Å². The molecule has 0 radical (unpaired) electrons. The summed E-state index contributed by atoms with van der Waals surface area (Å²) in [4.78, 5) is 12.7. The molecule has 2 aromatic carbocycles. The number of ether oxygens (including phenoxy) is 1. The van der Waals surface area contributed by atoms with Crippen molar-refractivity contribution in [3.63, 3.8) is 0 Å². The van der Waals surface area contributed by atoms with E-state index >= 15 is 0 Å². The molecule has 1 aliphatic heterocycles. The smallest absolute Gasteiger partial charge is 0.252 e. The quantitative estimate of drug-likeness (QED) is 0.762. The van der Waals surface area contributed by atoms with Crippen molar-refractivity contribution in [3.8, 4) is 0 Å². The van der Waals surface area contributed by atoms with Gasteiger partial charge in [-0.05, 0) is 49.1 Å². The molecule has 0 spiro atoms. The Bertz CT molecular complexity index is 772. The molecule has 0 unspecified atom stereocenters. The molecule has 1 fully saturated rings. The largest absolute Gasteiger partial charge is 0.381 e. The Labute approximate surface area is 161 Å². The summed E-state index contributed by atoms with van der Waals surface area (Å²) in [6.07, 6.45) is 1.79. The monoisotopic (exact) mass is 421 g/mol. The van der Waals surface area contributed by atoms with Crippen LogP contribution in [0.4, 0.5) is 0 Å². The van der Waals surface area contributed by atoms with Crippen LogP contribution in [0.2, 0.25) is 5.02 Å². The molecule has 1 aliphatic rings. The van der Waals surface area contributed by atoms with Gasteiger partial charge < -0.3 is 10.1 Å². The van der Waals surface area contributed by atoms with E-state index in [1.54, 1.807) is 12.1 Å². The number of carbonyl (C=O) groups excluding carboxylic acids is 1. The molecule has 0 aliphatic carbocycles. The molecule has 5 heteroatoms. The van der Waals surface area contributed by atoms with Crippen molar-refractivity contribution in [2.75, 3.05) is 19.8 Å². The maximum absolute atomic E-state index is 12.7. The first-order valence-electron chi connectivity index (χ1n) is 8.39. The molecule has 132 valence electrons. The summed E-state index contributed by atoms with van der Waals surface area (Å²) in [5.74, 6) is -0.147. The molecule has 0 aromatic heterocycles. The predicted molar refractivity (Wildman–Crippen MR) is 104 cm³/mol. The van der Waals surface area contributed by atoms with Crippen LogP contribution < -0.4 is 5.32 Å². The molecule has 25 heavy (non-hydrogen) atoms. The van der Waals surface area contributed by atoms with Crippen LogP contribution in [0.25, 0.3) is 0 Å². The average molecular weight is 423 g/mol. The van der Waals surface area contributed by atoms with Gasteiger partial charge in [-0.3, -0.25) is 4.79 Å². The lowest BCUT2D eigenvalue weighted by Gasteiger charge is -2.39. The van der Waals surface area contributed by atoms with Crippen molar-refractivity contribution < 1.29 is 9.53 Å². The summed E-state index contributed by atoms with van der Waals surface area (Å²) < 4.78 is 6.41. The van der Waals surface area contributed by atoms with Crippen molar-refractivity contribution in [1.82, 2.24) is 5.32 Å². The van der Waals surface area contributed by atoms with Gasteiger partial charge in [-0.25, -0.2) is 0 Å². The summed E-state index contributed by atoms with van der Waals surface area (Å²) >= 11 is 9.58. The number of carbonyl (C=O) groups is 1. The number of benzene rings is 2. The highest BCUT2D eigenvalue weighted by Crippen LogP contribution is 2.36. The van der Waals surface area contributed by atoms with E-state index in [2.05, 4.69) is 46.4 Å². The van der Waals surface area contributed by atoms with Crippen molar-refractivity contribution in [2.24, 2.45) is 0 Å². The van der Waals surface area contributed by atoms with E-state index in [0.29, 0.717) is 30.3 Å². The Kier molecular flexibility index (Phi) is 5.82. The Morgan fingerprint density at radius 2 is 1.96 bits per heavy atom. The lowest BCUT2D eigenvalue weighted by molar-refractivity contribution is 0.0485. The second-order valence-corrected chi connectivity index (χ2v) is 7.84. The number of halogens is 2. The number of aryl methyl sites for hydroxylation is 1. The third-order valence-corrected chi connectivity index (χ3v) is 5.75. The lowest BCUT2D eigenvalue weighted by Crippen LogP contribution is -2.45. The van der Waals surface area contributed by atoms with Gasteiger partial charge in [0.05, 0.1) is 10.6 Å². The minimum absolute atomic E-state index is 0.0995. The summed E-state index contributed by atoms with van der Waals surface area (Å²) in [7, 11) is 0. The van der Waals surface area contributed by atoms with E-state index in [1.165, 1.54) is 11.1 Å². The first-order valence-corrected chi connectivity index (χ1v) is 9.56. The van der Waals surface area contributed by atoms with E-state index < -0.39 is 0 Å². The van der Waals surface area contributed by atoms with Crippen LogP contribution in [-0.4, -0.2) is 25.7 Å². The second kappa shape index (κ2) is 7.90. The molecule has 1 amide bonds. The van der Waals surface area contributed by atoms with Gasteiger partial charge >= 0.3 is 0 Å². The van der Waals surface area contributed by atoms with Crippen LogP contribution in [-0.2, 0) is 10.2 Å². The second-order valence-electron chi connectivity index (χ2n) is 6.51. The van der Waals surface area contributed by atoms with E-state index in [1.807, 2.05) is 12.1 Å². The fourth-order valence-corrected chi connectivity index (χ4v) is 4.05. The van der Waals surface area contributed by atoms with E-state index in [9.17, 15) is 4.79 Å². The highest BCUT2D eigenvalue weighted by atomic mass is 79.9. The Balaban J connectivity index is 1.83. The highest BCUT2D eigenvalue weighted by Gasteiger charge is 2.36. The van der Waals surface area contributed by atoms with Gasteiger partial charge in [-0.1, -0.05) is 51.8 Å². The molecule has 1 heterocycles. The van der Waals surface area contributed by atoms with E-state index in [4.69, 9.17) is 16.3 Å². The van der Waals surface area contributed by atoms with Gasteiger partial charge in [0, 0.05) is 29.6 Å². The van der Waals surface area contributed by atoms with E-state index in [0.717, 1.165) is 17.3 Å². The normalized spacial score (nSPS) is 16.4. The summed E-state index contributed by atoms with van der Waals surface area (Å²) in [5.41, 5.74) is 2.93. The number of amides is 1. The van der Waals surface area contributed by atoms with Gasteiger partial charge in [0.25, 0.3) is 5.91 Å². The highest BCUT2D eigenvalue weighted by molar-refractivity contribution is 9.10. The third kappa shape index (κ3) is 4.08. The van der Waals surface area contributed by atoms with Crippen LogP contribution in [0.1, 0.15) is 34.3 Å². The van der Waals surface area contributed by atoms with Crippen molar-refractivity contribution in [3.05, 3.63) is 68.7 Å². The maximum Gasteiger partial charge on any atom is 0.252 e. The van der Waals surface area contributed by atoms with Crippen LogP contribution >= 0.6 is 27.5 Å². The molecule has 0 atom stereocenters. The first-order chi connectivity index (χ1) is 12.0. The Morgan fingerprint density at radius 3 is 2.68 bits per heavy atom. The zero-order valence-electron chi connectivity index (χ0n) is 14.1. The number of rotatable bonds is 4. The predicted octanol–water partition coefficient (Wildman–Crippen LogP) is 4.89. The van der Waals surface area contributed by atoms with Crippen molar-refractivity contribution >= 4 is 33.4 Å². The minimum atomic E-state index is -0.147. The number of hydrogen-bond acceptors (Lipinski definition) is 2. The zero-order chi connectivity index (χ0) is 17.9. The van der Waals surface area contributed by atoms with Crippen LogP contribution in [0.3, 0.4) is 0 Å². The third-order valence-electron chi connectivity index (χ3n) is 4.93. The molecule has 3 rings (SSSR count). The minimum Gasteiger partial charge on any atom is -0.381 e. The molecule has 1 N–H and O–H groups in total. The fourth-order valence-electron chi connectivity index (χ4n) is 3.49. The topological polar surface area (TPSA) is 38.3 Å². The standard InChI is InChI=1S/C20H21BrClNO2/c1-14-4-2-3-5-17(14)20(8-10-25-11-9-20)13-23-19(24)16-12-15(21)6-7-18(16)22/h2-7,12H,8-11,13H2,1H3,(H,23,24). The molecule has 2 aromatic rings. The molecule has 1 saturated heterocycles. The summed E-state index contributed by atoms with van der Waals surface area (Å²) in [6.45, 7) is 4.12. The molecular weight excluding hydrogens is 402 g/mol. The lowest BCUT2D eigenvalue weighted by atomic mass is 9.72. The van der Waals surface area contributed by atoms with E-state index in [-0.39, 0.29) is 11.3 Å². The van der Waals surface area contributed by atoms with Gasteiger partial charge in [-0.15, -0.1) is 0 Å². The number of hydrogen-bond donors (Lipinski definition) is 1. The van der Waals surface area contributed by atoms with Crippen LogP contribution in [0.5, 0.6) is 0 Å². The first kappa shape index (κ1) is 18.4. The SMILES string of the molecule is Cc1ccccc1C1(CNC(=O)c2cc(Br)ccc2Cl)CCOCC1. The molecule has 3 nitrogen and oxygen atoms in total. The maximum atomic E-state index is 12.7. The van der Waals surface area contributed by atoms with Crippen LogP contribution in [0, 0.1) is 6.92 Å².